The number of nitriles is 1. The molecule has 2 atom stereocenters. The van der Waals surface area contributed by atoms with Gasteiger partial charge in [0.05, 0.1) is 16.5 Å². The molecule has 1 amide bonds. The van der Waals surface area contributed by atoms with Crippen LogP contribution in [0.25, 0.3) is 11.1 Å². The zero-order chi connectivity index (χ0) is 18.6. The van der Waals surface area contributed by atoms with E-state index in [-0.39, 0.29) is 17.4 Å². The summed E-state index contributed by atoms with van der Waals surface area (Å²) in [6, 6.07) is 9.79. The van der Waals surface area contributed by atoms with Crippen molar-refractivity contribution in [2.45, 2.75) is 38.2 Å². The van der Waals surface area contributed by atoms with Crippen molar-refractivity contribution in [2.24, 2.45) is 0 Å². The maximum atomic E-state index is 12.3. The number of hydrogen-bond donors (Lipinski definition) is 1. The van der Waals surface area contributed by atoms with Crippen LogP contribution in [0.15, 0.2) is 24.3 Å². The summed E-state index contributed by atoms with van der Waals surface area (Å²) >= 11 is 1.66. The third-order valence-corrected chi connectivity index (χ3v) is 6.91. The van der Waals surface area contributed by atoms with E-state index < -0.39 is 0 Å². The van der Waals surface area contributed by atoms with Crippen LogP contribution in [0.2, 0.25) is 0 Å². The van der Waals surface area contributed by atoms with Gasteiger partial charge in [0.25, 0.3) is 0 Å². The van der Waals surface area contributed by atoms with E-state index in [4.69, 9.17) is 10.1 Å². The molecule has 132 valence electrons. The first-order valence-corrected chi connectivity index (χ1v) is 9.33. The first kappa shape index (κ1) is 16.8. The number of carbonyl (C=O) groups is 1. The molecule has 0 saturated carbocycles. The van der Waals surface area contributed by atoms with E-state index in [0.717, 1.165) is 26.6 Å². The Labute approximate surface area is 156 Å². The molecule has 1 aromatic heterocycles. The molecule has 3 heterocycles. The molecule has 0 bridgehead atoms. The van der Waals surface area contributed by atoms with E-state index in [1.165, 1.54) is 4.90 Å². The van der Waals surface area contributed by atoms with Crippen molar-refractivity contribution in [3.63, 3.8) is 0 Å². The molecular formula is C20H19N3O2S. The van der Waals surface area contributed by atoms with Gasteiger partial charge in [0.1, 0.15) is 17.7 Å². The number of likely N-dealkylation sites (tertiary alicyclic amines) is 1. The van der Waals surface area contributed by atoms with Gasteiger partial charge in [0, 0.05) is 41.3 Å². The van der Waals surface area contributed by atoms with Crippen molar-refractivity contribution < 1.29 is 9.53 Å². The normalized spacial score (nSPS) is 24.5. The molecule has 2 aliphatic rings. The number of piperidine rings is 1. The second kappa shape index (κ2) is 5.68. The maximum Gasteiger partial charge on any atom is 0.228 e. The minimum absolute atomic E-state index is 0.0217. The molecule has 1 N–H and O–H groups in total. The lowest BCUT2D eigenvalue weighted by molar-refractivity contribution is -0.128. The van der Waals surface area contributed by atoms with E-state index in [1.54, 1.807) is 24.5 Å². The Morgan fingerprint density at radius 1 is 1.35 bits per heavy atom. The van der Waals surface area contributed by atoms with Crippen molar-refractivity contribution in [1.29, 1.82) is 10.7 Å². The number of nitrogens with zero attached hydrogens (tertiary/aromatic N) is 2. The van der Waals surface area contributed by atoms with Crippen molar-refractivity contribution in [3.8, 4) is 22.9 Å². The van der Waals surface area contributed by atoms with Gasteiger partial charge in [-0.15, -0.1) is 11.3 Å². The third kappa shape index (κ3) is 2.43. The van der Waals surface area contributed by atoms with Gasteiger partial charge in [-0.2, -0.15) is 5.26 Å². The number of benzene rings is 1. The summed E-state index contributed by atoms with van der Waals surface area (Å²) in [6.07, 6.45) is 0.856. The second-order valence-electron chi connectivity index (χ2n) is 7.29. The molecule has 0 radical (unpaired) electrons. The Morgan fingerprint density at radius 3 is 2.81 bits per heavy atom. The van der Waals surface area contributed by atoms with Gasteiger partial charge in [-0.3, -0.25) is 10.2 Å². The van der Waals surface area contributed by atoms with Crippen LogP contribution in [0.5, 0.6) is 5.75 Å². The predicted octanol–water partition coefficient (Wildman–Crippen LogP) is 4.23. The van der Waals surface area contributed by atoms with Gasteiger partial charge in [-0.05, 0) is 31.2 Å². The number of fused-ring (bicyclic) bond motifs is 3. The Kier molecular flexibility index (Phi) is 3.67. The number of ether oxygens (including phenoxy) is 1. The van der Waals surface area contributed by atoms with E-state index in [0.29, 0.717) is 24.2 Å². The fourth-order valence-electron chi connectivity index (χ4n) is 3.70. The number of amides is 1. The van der Waals surface area contributed by atoms with Gasteiger partial charge in [0.2, 0.25) is 5.91 Å². The lowest BCUT2D eigenvalue weighted by Crippen LogP contribution is -2.46. The molecule has 5 nitrogen and oxygen atoms in total. The highest BCUT2D eigenvalue weighted by Crippen LogP contribution is 2.50. The molecule has 6 heteroatoms. The summed E-state index contributed by atoms with van der Waals surface area (Å²) < 4.78 is 6.03. The Bertz CT molecular complexity index is 967. The third-order valence-electron chi connectivity index (χ3n) is 5.31. The smallest absolute Gasteiger partial charge is 0.228 e. The maximum absolute atomic E-state index is 12.3. The SMILES string of the molecule is C[C@@H]1Oc2ccc(C#N)cc2-c2cc([C@@]3(C)CC(=N)N(C)C(=O)C3)sc21. The summed E-state index contributed by atoms with van der Waals surface area (Å²) in [7, 11) is 1.67. The first-order chi connectivity index (χ1) is 12.3. The number of hydrogen-bond acceptors (Lipinski definition) is 5. The fourth-order valence-corrected chi connectivity index (χ4v) is 5.00. The van der Waals surface area contributed by atoms with E-state index >= 15 is 0 Å². The zero-order valence-electron chi connectivity index (χ0n) is 14.9. The van der Waals surface area contributed by atoms with Gasteiger partial charge in [-0.25, -0.2) is 0 Å². The quantitative estimate of drug-likeness (QED) is 0.821. The highest BCUT2D eigenvalue weighted by Gasteiger charge is 2.41. The van der Waals surface area contributed by atoms with Crippen LogP contribution in [-0.2, 0) is 10.2 Å². The average Bonchev–Trinajstić information content (AvgIpc) is 3.07. The minimum Gasteiger partial charge on any atom is -0.485 e. The van der Waals surface area contributed by atoms with Crippen molar-refractivity contribution in [2.75, 3.05) is 7.05 Å². The Balaban J connectivity index is 1.82. The van der Waals surface area contributed by atoms with Crippen molar-refractivity contribution in [3.05, 3.63) is 39.6 Å². The van der Waals surface area contributed by atoms with Crippen molar-refractivity contribution >= 4 is 23.1 Å². The van der Waals surface area contributed by atoms with Gasteiger partial charge in [-0.1, -0.05) is 6.92 Å². The highest BCUT2D eigenvalue weighted by atomic mass is 32.1. The molecule has 4 rings (SSSR count). The van der Waals surface area contributed by atoms with Gasteiger partial charge >= 0.3 is 0 Å². The summed E-state index contributed by atoms with van der Waals surface area (Å²) in [4.78, 5) is 16.0. The van der Waals surface area contributed by atoms with Crippen LogP contribution >= 0.6 is 11.3 Å². The number of amidine groups is 1. The Hall–Kier alpha value is -2.65. The summed E-state index contributed by atoms with van der Waals surface area (Å²) in [5, 5.41) is 17.4. The molecule has 0 aliphatic carbocycles. The summed E-state index contributed by atoms with van der Waals surface area (Å²) in [6.45, 7) is 4.08. The van der Waals surface area contributed by atoms with Crippen LogP contribution in [0, 0.1) is 16.7 Å². The van der Waals surface area contributed by atoms with Crippen LogP contribution < -0.4 is 4.74 Å². The molecule has 0 spiro atoms. The summed E-state index contributed by atoms with van der Waals surface area (Å²) in [5.41, 5.74) is 2.23. The van der Waals surface area contributed by atoms with Crippen LogP contribution in [0.3, 0.4) is 0 Å². The zero-order valence-corrected chi connectivity index (χ0v) is 15.7. The highest BCUT2D eigenvalue weighted by molar-refractivity contribution is 7.12. The van der Waals surface area contributed by atoms with Crippen molar-refractivity contribution in [1.82, 2.24) is 4.90 Å². The topological polar surface area (TPSA) is 77.2 Å². The number of carbonyl (C=O) groups excluding carboxylic acids is 1. The fraction of sp³-hybridized carbons (Fsp3) is 0.350. The number of nitrogens with one attached hydrogen (secondary N) is 1. The lowest BCUT2D eigenvalue weighted by Gasteiger charge is -2.36. The molecule has 1 aromatic carbocycles. The molecular weight excluding hydrogens is 346 g/mol. The molecule has 2 aromatic rings. The van der Waals surface area contributed by atoms with Gasteiger partial charge in [0.15, 0.2) is 0 Å². The Morgan fingerprint density at radius 2 is 2.12 bits per heavy atom. The monoisotopic (exact) mass is 365 g/mol. The van der Waals surface area contributed by atoms with E-state index in [2.05, 4.69) is 19.1 Å². The molecule has 1 saturated heterocycles. The predicted molar refractivity (Wildman–Crippen MR) is 101 cm³/mol. The first-order valence-electron chi connectivity index (χ1n) is 8.52. The molecule has 1 fully saturated rings. The number of thiophene rings is 1. The molecule has 0 unspecified atom stereocenters. The van der Waals surface area contributed by atoms with Crippen LogP contribution in [0.1, 0.15) is 48.1 Å². The molecule has 26 heavy (non-hydrogen) atoms. The number of rotatable bonds is 1. The largest absolute Gasteiger partial charge is 0.485 e. The lowest BCUT2D eigenvalue weighted by atomic mass is 9.77. The minimum atomic E-state index is -0.380. The van der Waals surface area contributed by atoms with E-state index in [9.17, 15) is 10.1 Å². The second-order valence-corrected chi connectivity index (χ2v) is 8.37. The van der Waals surface area contributed by atoms with E-state index in [1.807, 2.05) is 19.1 Å². The van der Waals surface area contributed by atoms with Gasteiger partial charge < -0.3 is 9.64 Å². The molecule has 2 aliphatic heterocycles. The summed E-state index contributed by atoms with van der Waals surface area (Å²) in [5.74, 6) is 1.11. The van der Waals surface area contributed by atoms with Crippen LogP contribution in [0.4, 0.5) is 0 Å². The standard InChI is InChI=1S/C20H19N3O2S/c1-11-19-14(13-6-12(10-21)4-5-15(13)25-11)7-16(26-19)20(2)8-17(22)23(3)18(24)9-20/h4-7,11,22H,8-9H2,1-3H3/t11-,20-/m0/s1. The van der Waals surface area contributed by atoms with Crippen LogP contribution in [-0.4, -0.2) is 23.7 Å². The average molecular weight is 365 g/mol.